The second kappa shape index (κ2) is 6.48. The van der Waals surface area contributed by atoms with Gasteiger partial charge >= 0.3 is 0 Å². The van der Waals surface area contributed by atoms with Crippen LogP contribution in [0.5, 0.6) is 5.75 Å². The van der Waals surface area contributed by atoms with Gasteiger partial charge in [-0.15, -0.1) is 0 Å². The number of halogens is 2. The summed E-state index contributed by atoms with van der Waals surface area (Å²) in [6.45, 7) is 2.62. The van der Waals surface area contributed by atoms with E-state index in [2.05, 4.69) is 5.32 Å². The van der Waals surface area contributed by atoms with Crippen LogP contribution in [0.3, 0.4) is 0 Å². The van der Waals surface area contributed by atoms with Gasteiger partial charge in [0.1, 0.15) is 11.6 Å². The summed E-state index contributed by atoms with van der Waals surface area (Å²) in [6, 6.07) is 9.89. The van der Waals surface area contributed by atoms with Crippen molar-refractivity contribution in [3.8, 4) is 5.75 Å². The fourth-order valence-electron chi connectivity index (χ4n) is 1.69. The minimum absolute atomic E-state index is 0.0971. The van der Waals surface area contributed by atoms with E-state index in [4.69, 9.17) is 22.1 Å². The van der Waals surface area contributed by atoms with Gasteiger partial charge in [0, 0.05) is 17.4 Å². The van der Waals surface area contributed by atoms with Crippen molar-refractivity contribution in [1.29, 1.82) is 0 Å². The number of nitrogens with one attached hydrogen (secondary N) is 1. The number of hydrogen-bond acceptors (Lipinski definition) is 3. The molecule has 0 heterocycles. The van der Waals surface area contributed by atoms with E-state index < -0.39 is 5.82 Å². The molecule has 106 valence electrons. The molecule has 0 spiro atoms. The van der Waals surface area contributed by atoms with Crippen LogP contribution in [0.2, 0.25) is 5.02 Å². The van der Waals surface area contributed by atoms with Crippen LogP contribution in [-0.4, -0.2) is 6.61 Å². The Balaban J connectivity index is 2.18. The molecule has 0 aliphatic rings. The molecule has 0 saturated carbocycles. The van der Waals surface area contributed by atoms with Gasteiger partial charge in [0.15, 0.2) is 0 Å². The Kier molecular flexibility index (Phi) is 4.69. The molecule has 2 aromatic carbocycles. The van der Waals surface area contributed by atoms with E-state index in [0.717, 1.165) is 12.1 Å². The number of anilines is 3. The van der Waals surface area contributed by atoms with Crippen molar-refractivity contribution in [3.05, 3.63) is 47.2 Å². The smallest absolute Gasteiger partial charge is 0.144 e. The highest BCUT2D eigenvalue weighted by molar-refractivity contribution is 6.30. The number of ether oxygens (including phenoxy) is 1. The SMILES string of the molecule is CCCOc1cc(Nc2ccc(Cl)c(F)c2)ccc1N. The molecule has 0 atom stereocenters. The van der Waals surface area contributed by atoms with Gasteiger partial charge in [0.25, 0.3) is 0 Å². The average Bonchev–Trinajstić information content (AvgIpc) is 2.43. The lowest BCUT2D eigenvalue weighted by molar-refractivity contribution is 0.319. The lowest BCUT2D eigenvalue weighted by atomic mass is 10.2. The first-order valence-electron chi connectivity index (χ1n) is 6.34. The van der Waals surface area contributed by atoms with Crippen molar-refractivity contribution in [2.45, 2.75) is 13.3 Å². The predicted molar refractivity (Wildman–Crippen MR) is 81.3 cm³/mol. The van der Waals surface area contributed by atoms with Crippen molar-refractivity contribution >= 4 is 28.7 Å². The Morgan fingerprint density at radius 2 is 1.90 bits per heavy atom. The van der Waals surface area contributed by atoms with Gasteiger partial charge in [0.05, 0.1) is 17.3 Å². The maximum atomic E-state index is 13.4. The monoisotopic (exact) mass is 294 g/mol. The lowest BCUT2D eigenvalue weighted by Gasteiger charge is -2.12. The van der Waals surface area contributed by atoms with E-state index in [-0.39, 0.29) is 5.02 Å². The molecule has 3 nitrogen and oxygen atoms in total. The minimum atomic E-state index is -0.463. The third-order valence-corrected chi connectivity index (χ3v) is 2.99. The summed E-state index contributed by atoms with van der Waals surface area (Å²) in [5, 5.41) is 3.18. The van der Waals surface area contributed by atoms with Crippen molar-refractivity contribution in [2.75, 3.05) is 17.7 Å². The highest BCUT2D eigenvalue weighted by Gasteiger charge is 2.05. The number of rotatable bonds is 5. The first-order valence-corrected chi connectivity index (χ1v) is 6.72. The second-order valence-corrected chi connectivity index (χ2v) is 4.76. The molecular formula is C15H16ClFN2O. The fourth-order valence-corrected chi connectivity index (χ4v) is 1.81. The van der Waals surface area contributed by atoms with Gasteiger partial charge in [-0.25, -0.2) is 4.39 Å². The topological polar surface area (TPSA) is 47.3 Å². The first-order chi connectivity index (χ1) is 9.60. The van der Waals surface area contributed by atoms with E-state index in [1.54, 1.807) is 24.3 Å². The highest BCUT2D eigenvalue weighted by Crippen LogP contribution is 2.28. The molecule has 5 heteroatoms. The summed E-state index contributed by atoms with van der Waals surface area (Å²) < 4.78 is 18.9. The number of hydrogen-bond donors (Lipinski definition) is 2. The fraction of sp³-hybridized carbons (Fsp3) is 0.200. The van der Waals surface area contributed by atoms with Crippen molar-refractivity contribution < 1.29 is 9.13 Å². The summed E-state index contributed by atoms with van der Waals surface area (Å²) in [6.07, 6.45) is 0.902. The predicted octanol–water partition coefficient (Wildman–Crippen LogP) is 4.59. The van der Waals surface area contributed by atoms with Gasteiger partial charge in [-0.3, -0.25) is 0 Å². The number of nitrogens with two attached hydrogens (primary N) is 1. The first kappa shape index (κ1) is 14.5. The van der Waals surface area contributed by atoms with Crippen LogP contribution in [0.25, 0.3) is 0 Å². The van der Waals surface area contributed by atoms with Crippen LogP contribution in [0.1, 0.15) is 13.3 Å². The molecule has 0 aromatic heterocycles. The summed E-state index contributed by atoms with van der Waals surface area (Å²) in [5.74, 6) is 0.154. The van der Waals surface area contributed by atoms with Crippen molar-refractivity contribution in [1.82, 2.24) is 0 Å². The molecule has 0 fully saturated rings. The Morgan fingerprint density at radius 3 is 2.60 bits per heavy atom. The number of benzene rings is 2. The average molecular weight is 295 g/mol. The molecular weight excluding hydrogens is 279 g/mol. The van der Waals surface area contributed by atoms with Crippen LogP contribution in [-0.2, 0) is 0 Å². The normalized spacial score (nSPS) is 10.3. The lowest BCUT2D eigenvalue weighted by Crippen LogP contribution is -2.00. The molecule has 0 radical (unpaired) electrons. The van der Waals surface area contributed by atoms with E-state index in [0.29, 0.717) is 23.7 Å². The minimum Gasteiger partial charge on any atom is -0.491 e. The van der Waals surface area contributed by atoms with Crippen LogP contribution in [0, 0.1) is 5.82 Å². The summed E-state index contributed by atoms with van der Waals surface area (Å²) >= 11 is 5.65. The Bertz CT molecular complexity index is 604. The summed E-state index contributed by atoms with van der Waals surface area (Å²) in [5.41, 5.74) is 7.79. The second-order valence-electron chi connectivity index (χ2n) is 4.35. The molecule has 0 unspecified atom stereocenters. The van der Waals surface area contributed by atoms with Crippen LogP contribution >= 0.6 is 11.6 Å². The Hall–Kier alpha value is -1.94. The van der Waals surface area contributed by atoms with Gasteiger partial charge in [-0.05, 0) is 36.8 Å². The molecule has 20 heavy (non-hydrogen) atoms. The molecule has 0 aliphatic carbocycles. The Morgan fingerprint density at radius 1 is 1.20 bits per heavy atom. The van der Waals surface area contributed by atoms with Crippen LogP contribution in [0.15, 0.2) is 36.4 Å². The largest absolute Gasteiger partial charge is 0.491 e. The Labute approximate surface area is 122 Å². The van der Waals surface area contributed by atoms with Gasteiger partial charge in [-0.2, -0.15) is 0 Å². The molecule has 2 aromatic rings. The van der Waals surface area contributed by atoms with E-state index in [9.17, 15) is 4.39 Å². The molecule has 0 amide bonds. The van der Waals surface area contributed by atoms with Crippen LogP contribution < -0.4 is 15.8 Å². The standard InChI is InChI=1S/C15H16ClFN2O/c1-2-7-20-15-9-11(4-6-14(15)18)19-10-3-5-12(16)13(17)8-10/h3-6,8-9,19H,2,7,18H2,1H3. The maximum absolute atomic E-state index is 13.4. The summed E-state index contributed by atoms with van der Waals surface area (Å²) in [4.78, 5) is 0. The van der Waals surface area contributed by atoms with E-state index >= 15 is 0 Å². The molecule has 0 bridgehead atoms. The zero-order valence-electron chi connectivity index (χ0n) is 11.1. The van der Waals surface area contributed by atoms with Crippen LogP contribution in [0.4, 0.5) is 21.5 Å². The van der Waals surface area contributed by atoms with E-state index in [1.165, 1.54) is 12.1 Å². The molecule has 3 N–H and O–H groups in total. The third kappa shape index (κ3) is 3.54. The summed E-state index contributed by atoms with van der Waals surface area (Å²) in [7, 11) is 0. The van der Waals surface area contributed by atoms with Crippen molar-refractivity contribution in [2.24, 2.45) is 0 Å². The molecule has 2 rings (SSSR count). The maximum Gasteiger partial charge on any atom is 0.144 e. The van der Waals surface area contributed by atoms with E-state index in [1.807, 2.05) is 6.92 Å². The van der Waals surface area contributed by atoms with Gasteiger partial charge in [-0.1, -0.05) is 18.5 Å². The zero-order chi connectivity index (χ0) is 14.5. The molecule has 0 aliphatic heterocycles. The zero-order valence-corrected chi connectivity index (χ0v) is 11.9. The third-order valence-electron chi connectivity index (χ3n) is 2.68. The number of nitrogen functional groups attached to an aromatic ring is 1. The van der Waals surface area contributed by atoms with Crippen molar-refractivity contribution in [3.63, 3.8) is 0 Å². The highest BCUT2D eigenvalue weighted by atomic mass is 35.5. The van der Waals surface area contributed by atoms with Gasteiger partial charge in [0.2, 0.25) is 0 Å². The van der Waals surface area contributed by atoms with Gasteiger partial charge < -0.3 is 15.8 Å². The molecule has 0 saturated heterocycles. The quantitative estimate of drug-likeness (QED) is 0.793.